The molecule has 0 saturated carbocycles. The van der Waals surface area contributed by atoms with Crippen LogP contribution < -0.4 is 9.80 Å². The summed E-state index contributed by atoms with van der Waals surface area (Å²) < 4.78 is 5.58. The van der Waals surface area contributed by atoms with Crippen molar-refractivity contribution in [3.63, 3.8) is 0 Å². The van der Waals surface area contributed by atoms with Crippen molar-refractivity contribution in [1.82, 2.24) is 25.1 Å². The maximum absolute atomic E-state index is 5.58. The summed E-state index contributed by atoms with van der Waals surface area (Å²) in [6.07, 6.45) is 6.76. The lowest BCUT2D eigenvalue weighted by Gasteiger charge is -2.36. The molecule has 0 aromatic carbocycles. The number of nitrogens with one attached hydrogen (secondary N) is 1. The lowest BCUT2D eigenvalue weighted by atomic mass is 9.96. The molecule has 0 spiro atoms. The van der Waals surface area contributed by atoms with Crippen molar-refractivity contribution in [1.29, 1.82) is 0 Å². The van der Waals surface area contributed by atoms with Crippen molar-refractivity contribution in [2.24, 2.45) is 5.92 Å². The quantitative estimate of drug-likeness (QED) is 0.749. The molecule has 0 amide bonds. The van der Waals surface area contributed by atoms with E-state index in [1.165, 1.54) is 0 Å². The van der Waals surface area contributed by atoms with Gasteiger partial charge in [-0.25, -0.2) is 9.97 Å². The standard InChI is InChI=1S/C20H25N7O/c1-13-12-28-10-7-15(13)26(2)17-11-22-18-19(23-17)24-25-20(18)27-9-4-5-14-16(27)6-3-8-21-14/h3,6,8,11,13,15H,4-5,7,9-10,12H2,1-2H3,(H,23,24,25)/t13-,15+/m1/s1. The fourth-order valence-corrected chi connectivity index (χ4v) is 4.37. The first-order valence-electron chi connectivity index (χ1n) is 9.95. The Balaban J connectivity index is 1.48. The van der Waals surface area contributed by atoms with Gasteiger partial charge in [0.1, 0.15) is 5.82 Å². The molecular formula is C20H25N7O. The monoisotopic (exact) mass is 379 g/mol. The van der Waals surface area contributed by atoms with Crippen molar-refractivity contribution in [3.8, 4) is 0 Å². The van der Waals surface area contributed by atoms with E-state index in [1.54, 1.807) is 0 Å². The molecule has 1 fully saturated rings. The van der Waals surface area contributed by atoms with Gasteiger partial charge in [-0.15, -0.1) is 0 Å². The fraction of sp³-hybridized carbons (Fsp3) is 0.500. The van der Waals surface area contributed by atoms with Gasteiger partial charge in [-0.3, -0.25) is 10.1 Å². The van der Waals surface area contributed by atoms with Gasteiger partial charge < -0.3 is 14.5 Å². The SMILES string of the molecule is C[C@@H]1COCC[C@@H]1N(C)c1cnc2c(N3CCCc4ncccc43)n[nH]c2n1. The van der Waals surface area contributed by atoms with E-state index < -0.39 is 0 Å². The van der Waals surface area contributed by atoms with Crippen LogP contribution in [0.3, 0.4) is 0 Å². The van der Waals surface area contributed by atoms with Crippen molar-refractivity contribution >= 4 is 28.5 Å². The highest BCUT2D eigenvalue weighted by Crippen LogP contribution is 2.34. The molecule has 8 heteroatoms. The molecule has 2 aliphatic heterocycles. The van der Waals surface area contributed by atoms with Crippen LogP contribution in [0, 0.1) is 5.92 Å². The van der Waals surface area contributed by atoms with Crippen molar-refractivity contribution in [2.45, 2.75) is 32.2 Å². The summed E-state index contributed by atoms with van der Waals surface area (Å²) in [4.78, 5) is 18.5. The van der Waals surface area contributed by atoms with Gasteiger partial charge in [-0.05, 0) is 37.3 Å². The van der Waals surface area contributed by atoms with E-state index in [2.05, 4.69) is 45.0 Å². The summed E-state index contributed by atoms with van der Waals surface area (Å²) in [5, 5.41) is 7.64. The number of hydrogen-bond donors (Lipinski definition) is 1. The Morgan fingerprint density at radius 1 is 1.32 bits per heavy atom. The van der Waals surface area contributed by atoms with Crippen LogP contribution in [0.25, 0.3) is 11.2 Å². The number of anilines is 3. The van der Waals surface area contributed by atoms with E-state index in [0.717, 1.165) is 73.2 Å². The molecule has 0 aliphatic carbocycles. The summed E-state index contributed by atoms with van der Waals surface area (Å²) in [5.74, 6) is 2.15. The van der Waals surface area contributed by atoms with Crippen LogP contribution in [-0.2, 0) is 11.2 Å². The lowest BCUT2D eigenvalue weighted by Crippen LogP contribution is -2.43. The summed E-state index contributed by atoms with van der Waals surface area (Å²) in [5.41, 5.74) is 3.74. The molecule has 1 saturated heterocycles. The molecule has 3 aromatic heterocycles. The van der Waals surface area contributed by atoms with Gasteiger partial charge in [0.15, 0.2) is 17.0 Å². The highest BCUT2D eigenvalue weighted by Gasteiger charge is 2.28. The molecule has 2 aliphatic rings. The number of H-pyrrole nitrogens is 1. The van der Waals surface area contributed by atoms with Gasteiger partial charge in [-0.2, -0.15) is 5.10 Å². The summed E-state index contributed by atoms with van der Waals surface area (Å²) in [6, 6.07) is 4.48. The highest BCUT2D eigenvalue weighted by atomic mass is 16.5. The third-order valence-electron chi connectivity index (χ3n) is 5.90. The van der Waals surface area contributed by atoms with Gasteiger partial charge in [0, 0.05) is 32.4 Å². The normalized spacial score (nSPS) is 22.3. The van der Waals surface area contributed by atoms with Crippen LogP contribution in [0.1, 0.15) is 25.5 Å². The first-order valence-corrected chi connectivity index (χ1v) is 9.95. The second kappa shape index (κ2) is 7.01. The number of aromatic nitrogens is 5. The zero-order chi connectivity index (χ0) is 19.1. The van der Waals surface area contributed by atoms with Crippen LogP contribution in [0.4, 0.5) is 17.3 Å². The number of aromatic amines is 1. The van der Waals surface area contributed by atoms with Gasteiger partial charge in [0.2, 0.25) is 0 Å². The molecular weight excluding hydrogens is 354 g/mol. The minimum Gasteiger partial charge on any atom is -0.381 e. The Morgan fingerprint density at radius 3 is 3.14 bits per heavy atom. The maximum Gasteiger partial charge on any atom is 0.183 e. The maximum atomic E-state index is 5.58. The summed E-state index contributed by atoms with van der Waals surface area (Å²) in [7, 11) is 2.09. The number of pyridine rings is 1. The van der Waals surface area contributed by atoms with E-state index in [1.807, 2.05) is 18.5 Å². The largest absolute Gasteiger partial charge is 0.381 e. The predicted octanol–water partition coefficient (Wildman–Crippen LogP) is 2.69. The first kappa shape index (κ1) is 17.4. The Labute approximate surface area is 163 Å². The molecule has 3 aromatic rings. The van der Waals surface area contributed by atoms with Gasteiger partial charge in [0.25, 0.3) is 0 Å². The number of hydrogen-bond acceptors (Lipinski definition) is 7. The Kier molecular flexibility index (Phi) is 4.35. The van der Waals surface area contributed by atoms with Gasteiger partial charge >= 0.3 is 0 Å². The van der Waals surface area contributed by atoms with Crippen molar-refractivity contribution < 1.29 is 4.74 Å². The third-order valence-corrected chi connectivity index (χ3v) is 5.90. The van der Waals surface area contributed by atoms with Crippen LogP contribution >= 0.6 is 0 Å². The Morgan fingerprint density at radius 2 is 2.25 bits per heavy atom. The minimum absolute atomic E-state index is 0.405. The van der Waals surface area contributed by atoms with E-state index >= 15 is 0 Å². The number of nitrogens with zero attached hydrogens (tertiary/aromatic N) is 6. The van der Waals surface area contributed by atoms with Gasteiger partial charge in [0.05, 0.1) is 24.2 Å². The molecule has 28 heavy (non-hydrogen) atoms. The van der Waals surface area contributed by atoms with Crippen molar-refractivity contribution in [2.75, 3.05) is 36.6 Å². The molecule has 1 N–H and O–H groups in total. The molecule has 2 atom stereocenters. The zero-order valence-corrected chi connectivity index (χ0v) is 16.3. The third kappa shape index (κ3) is 2.88. The molecule has 146 valence electrons. The summed E-state index contributed by atoms with van der Waals surface area (Å²) >= 11 is 0. The van der Waals surface area contributed by atoms with E-state index in [4.69, 9.17) is 14.7 Å². The number of fused-ring (bicyclic) bond motifs is 2. The number of aryl methyl sites for hydroxylation is 1. The fourth-order valence-electron chi connectivity index (χ4n) is 4.37. The van der Waals surface area contributed by atoms with Crippen LogP contribution in [0.2, 0.25) is 0 Å². The molecule has 0 bridgehead atoms. The average Bonchev–Trinajstić information content (AvgIpc) is 3.16. The number of ether oxygens (including phenoxy) is 1. The minimum atomic E-state index is 0.405. The van der Waals surface area contributed by atoms with Crippen molar-refractivity contribution in [3.05, 3.63) is 30.2 Å². The second-order valence-electron chi connectivity index (χ2n) is 7.72. The second-order valence-corrected chi connectivity index (χ2v) is 7.72. The summed E-state index contributed by atoms with van der Waals surface area (Å²) in [6.45, 7) is 4.72. The topological polar surface area (TPSA) is 83.1 Å². The highest BCUT2D eigenvalue weighted by molar-refractivity contribution is 5.87. The van der Waals surface area contributed by atoms with Crippen LogP contribution in [0.15, 0.2) is 24.5 Å². The van der Waals surface area contributed by atoms with E-state index in [0.29, 0.717) is 12.0 Å². The van der Waals surface area contributed by atoms with Crippen LogP contribution in [-0.4, -0.2) is 58.0 Å². The Hall–Kier alpha value is -2.74. The zero-order valence-electron chi connectivity index (χ0n) is 16.3. The molecule has 8 nitrogen and oxygen atoms in total. The molecule has 0 radical (unpaired) electrons. The smallest absolute Gasteiger partial charge is 0.183 e. The average molecular weight is 379 g/mol. The lowest BCUT2D eigenvalue weighted by molar-refractivity contribution is 0.0477. The molecule has 5 heterocycles. The molecule has 5 rings (SSSR count). The predicted molar refractivity (Wildman–Crippen MR) is 108 cm³/mol. The van der Waals surface area contributed by atoms with Gasteiger partial charge in [-0.1, -0.05) is 6.92 Å². The van der Waals surface area contributed by atoms with Crippen LogP contribution in [0.5, 0.6) is 0 Å². The molecule has 0 unspecified atom stereocenters. The number of rotatable bonds is 3. The Bertz CT molecular complexity index is 988. The van der Waals surface area contributed by atoms with E-state index in [-0.39, 0.29) is 0 Å². The first-order chi connectivity index (χ1) is 13.7. The van der Waals surface area contributed by atoms with E-state index in [9.17, 15) is 0 Å².